The molecule has 1 heterocycles. The minimum atomic E-state index is -0.122. The second-order valence-corrected chi connectivity index (χ2v) is 5.11. The van der Waals surface area contributed by atoms with E-state index in [9.17, 15) is 9.59 Å². The molecule has 0 aliphatic heterocycles. The van der Waals surface area contributed by atoms with Crippen molar-refractivity contribution in [2.24, 2.45) is 0 Å². The zero-order valence-corrected chi connectivity index (χ0v) is 11.8. The monoisotopic (exact) mass is 279 g/mol. The van der Waals surface area contributed by atoms with Gasteiger partial charge in [-0.1, -0.05) is 31.4 Å². The summed E-state index contributed by atoms with van der Waals surface area (Å²) in [7, 11) is 0. The van der Waals surface area contributed by atoms with E-state index in [4.69, 9.17) is 0 Å². The number of amides is 2. The topological polar surface area (TPSA) is 88.9 Å². The van der Waals surface area contributed by atoms with Crippen LogP contribution in [0.1, 0.15) is 45.4 Å². The van der Waals surface area contributed by atoms with Crippen LogP contribution >= 0.6 is 0 Å². The quantitative estimate of drug-likeness (QED) is 0.844. The van der Waals surface area contributed by atoms with Crippen molar-refractivity contribution in [3.63, 3.8) is 0 Å². The Morgan fingerprint density at radius 3 is 2.75 bits per heavy atom. The molecule has 2 amide bonds. The lowest BCUT2D eigenvalue weighted by atomic mass is 9.95. The van der Waals surface area contributed by atoms with E-state index in [1.165, 1.54) is 23.9 Å². The number of carbonyl (C=O) groups excluding carboxylic acids is 2. The van der Waals surface area contributed by atoms with Gasteiger partial charge in [0.2, 0.25) is 11.8 Å². The Balaban J connectivity index is 1.80. The van der Waals surface area contributed by atoms with Crippen LogP contribution in [0.2, 0.25) is 0 Å². The molecule has 2 N–H and O–H groups in total. The first-order valence-corrected chi connectivity index (χ1v) is 7.16. The van der Waals surface area contributed by atoms with Crippen LogP contribution in [0.25, 0.3) is 0 Å². The summed E-state index contributed by atoms with van der Waals surface area (Å²) in [5.41, 5.74) is 0. The second-order valence-electron chi connectivity index (χ2n) is 5.11. The Morgan fingerprint density at radius 1 is 1.30 bits per heavy atom. The molecule has 1 aromatic rings. The zero-order chi connectivity index (χ0) is 14.4. The van der Waals surface area contributed by atoms with Crippen molar-refractivity contribution in [1.29, 1.82) is 0 Å². The Kier molecular flexibility index (Phi) is 5.09. The third-order valence-electron chi connectivity index (χ3n) is 3.40. The third-order valence-corrected chi connectivity index (χ3v) is 3.40. The highest BCUT2D eigenvalue weighted by Crippen LogP contribution is 2.17. The summed E-state index contributed by atoms with van der Waals surface area (Å²) in [6, 6.07) is 0.291. The van der Waals surface area contributed by atoms with Crippen LogP contribution in [0, 0.1) is 0 Å². The van der Waals surface area contributed by atoms with Gasteiger partial charge >= 0.3 is 0 Å². The number of rotatable bonds is 5. The molecule has 1 saturated carbocycles. The lowest BCUT2D eigenvalue weighted by Crippen LogP contribution is -2.38. The summed E-state index contributed by atoms with van der Waals surface area (Å²) in [5.74, 6) is 0.196. The van der Waals surface area contributed by atoms with E-state index in [2.05, 4.69) is 20.9 Å². The van der Waals surface area contributed by atoms with E-state index < -0.39 is 0 Å². The molecule has 1 aliphatic carbocycles. The lowest BCUT2D eigenvalue weighted by Gasteiger charge is -2.22. The molecular weight excluding hydrogens is 258 g/mol. The average Bonchev–Trinajstić information content (AvgIpc) is 2.86. The number of nitrogens with zero attached hydrogens (tertiary/aromatic N) is 3. The van der Waals surface area contributed by atoms with Crippen molar-refractivity contribution in [2.75, 3.05) is 5.32 Å². The van der Waals surface area contributed by atoms with Gasteiger partial charge in [-0.05, 0) is 12.8 Å². The molecule has 7 heteroatoms. The van der Waals surface area contributed by atoms with Crippen LogP contribution in [0.15, 0.2) is 6.20 Å². The number of nitrogens with one attached hydrogen (secondary N) is 2. The van der Waals surface area contributed by atoms with Gasteiger partial charge in [-0.2, -0.15) is 0 Å². The summed E-state index contributed by atoms with van der Waals surface area (Å²) in [6.07, 6.45) is 7.68. The van der Waals surface area contributed by atoms with E-state index in [-0.39, 0.29) is 18.4 Å². The molecule has 1 aromatic heterocycles. The van der Waals surface area contributed by atoms with Crippen LogP contribution in [-0.2, 0) is 16.1 Å². The molecule has 1 fully saturated rings. The molecule has 110 valence electrons. The minimum Gasteiger partial charge on any atom is -0.352 e. The SMILES string of the molecule is CCC(=O)Nc1cn(CC(=O)NC2CCCCC2)nn1. The number of aromatic nitrogens is 3. The van der Waals surface area contributed by atoms with E-state index >= 15 is 0 Å². The number of hydrogen-bond donors (Lipinski definition) is 2. The Bertz CT molecular complexity index is 465. The highest BCUT2D eigenvalue weighted by Gasteiger charge is 2.16. The van der Waals surface area contributed by atoms with Crippen molar-refractivity contribution in [1.82, 2.24) is 20.3 Å². The van der Waals surface area contributed by atoms with E-state index in [1.54, 1.807) is 13.1 Å². The fourth-order valence-electron chi connectivity index (χ4n) is 2.33. The Morgan fingerprint density at radius 2 is 2.05 bits per heavy atom. The largest absolute Gasteiger partial charge is 0.352 e. The van der Waals surface area contributed by atoms with Crippen molar-refractivity contribution in [2.45, 2.75) is 58.0 Å². The van der Waals surface area contributed by atoms with Gasteiger partial charge in [0.15, 0.2) is 5.82 Å². The highest BCUT2D eigenvalue weighted by atomic mass is 16.2. The van der Waals surface area contributed by atoms with Gasteiger partial charge in [0.1, 0.15) is 6.54 Å². The standard InChI is InChI=1S/C13H21N5O2/c1-2-12(19)15-11-8-18(17-16-11)9-13(20)14-10-6-4-3-5-7-10/h8,10H,2-7,9H2,1H3,(H,14,20)(H,15,19). The van der Waals surface area contributed by atoms with E-state index in [1.807, 2.05) is 0 Å². The van der Waals surface area contributed by atoms with Crippen LogP contribution in [0.3, 0.4) is 0 Å². The molecule has 7 nitrogen and oxygen atoms in total. The van der Waals surface area contributed by atoms with Crippen molar-refractivity contribution < 1.29 is 9.59 Å². The van der Waals surface area contributed by atoms with Crippen LogP contribution in [-0.4, -0.2) is 32.9 Å². The van der Waals surface area contributed by atoms with Gasteiger partial charge in [0.05, 0.1) is 6.20 Å². The predicted octanol–water partition coefficient (Wildman–Crippen LogP) is 1.08. The van der Waals surface area contributed by atoms with Gasteiger partial charge in [-0.15, -0.1) is 5.10 Å². The van der Waals surface area contributed by atoms with Crippen LogP contribution in [0.5, 0.6) is 0 Å². The summed E-state index contributed by atoms with van der Waals surface area (Å²) in [6.45, 7) is 1.89. The minimum absolute atomic E-state index is 0.0600. The molecule has 0 unspecified atom stereocenters. The van der Waals surface area contributed by atoms with E-state index in [0.29, 0.717) is 18.3 Å². The fourth-order valence-corrected chi connectivity index (χ4v) is 2.33. The molecule has 0 aromatic carbocycles. The molecule has 2 rings (SSSR count). The highest BCUT2D eigenvalue weighted by molar-refractivity contribution is 5.89. The molecule has 20 heavy (non-hydrogen) atoms. The summed E-state index contributed by atoms with van der Waals surface area (Å²) in [4.78, 5) is 23.1. The first-order chi connectivity index (χ1) is 9.67. The van der Waals surface area contributed by atoms with Gasteiger partial charge < -0.3 is 10.6 Å². The van der Waals surface area contributed by atoms with Crippen LogP contribution < -0.4 is 10.6 Å². The maximum Gasteiger partial charge on any atom is 0.242 e. The normalized spacial score (nSPS) is 15.8. The molecule has 0 atom stereocenters. The maximum atomic E-state index is 11.9. The maximum absolute atomic E-state index is 11.9. The number of carbonyl (C=O) groups is 2. The molecule has 0 bridgehead atoms. The zero-order valence-electron chi connectivity index (χ0n) is 11.8. The van der Waals surface area contributed by atoms with Crippen molar-refractivity contribution in [3.8, 4) is 0 Å². The summed E-state index contributed by atoms with van der Waals surface area (Å²) in [5, 5.41) is 13.2. The smallest absolute Gasteiger partial charge is 0.242 e. The first kappa shape index (κ1) is 14.5. The molecule has 0 radical (unpaired) electrons. The number of hydrogen-bond acceptors (Lipinski definition) is 4. The van der Waals surface area contributed by atoms with Gasteiger partial charge in [-0.25, -0.2) is 4.68 Å². The van der Waals surface area contributed by atoms with Gasteiger partial charge in [0, 0.05) is 12.5 Å². The van der Waals surface area contributed by atoms with E-state index in [0.717, 1.165) is 12.8 Å². The van der Waals surface area contributed by atoms with Gasteiger partial charge in [0.25, 0.3) is 0 Å². The third kappa shape index (κ3) is 4.32. The molecule has 0 spiro atoms. The molecular formula is C13H21N5O2. The van der Waals surface area contributed by atoms with Crippen molar-refractivity contribution in [3.05, 3.63) is 6.20 Å². The molecule has 1 aliphatic rings. The molecule has 0 saturated heterocycles. The number of anilines is 1. The van der Waals surface area contributed by atoms with Gasteiger partial charge in [-0.3, -0.25) is 9.59 Å². The Labute approximate surface area is 118 Å². The lowest BCUT2D eigenvalue weighted by molar-refractivity contribution is -0.122. The summed E-state index contributed by atoms with van der Waals surface area (Å²) >= 11 is 0. The first-order valence-electron chi connectivity index (χ1n) is 7.16. The second kappa shape index (κ2) is 7.02. The van der Waals surface area contributed by atoms with Crippen LogP contribution in [0.4, 0.5) is 5.82 Å². The summed E-state index contributed by atoms with van der Waals surface area (Å²) < 4.78 is 1.43. The Hall–Kier alpha value is -1.92. The predicted molar refractivity (Wildman–Crippen MR) is 74.0 cm³/mol. The average molecular weight is 279 g/mol. The fraction of sp³-hybridized carbons (Fsp3) is 0.692. The van der Waals surface area contributed by atoms with Crippen molar-refractivity contribution >= 4 is 17.6 Å².